The topological polar surface area (TPSA) is 67.9 Å². The average molecular weight is 361 g/mol. The van der Waals surface area contributed by atoms with Crippen LogP contribution < -0.4 is 10.6 Å². The van der Waals surface area contributed by atoms with Gasteiger partial charge in [-0.25, -0.2) is 0 Å². The maximum atomic E-state index is 12.1. The second-order valence-corrected chi connectivity index (χ2v) is 6.97. The summed E-state index contributed by atoms with van der Waals surface area (Å²) >= 11 is 0. The third-order valence-corrected chi connectivity index (χ3v) is 4.41. The van der Waals surface area contributed by atoms with Crippen LogP contribution in [0.2, 0.25) is 0 Å². The molecule has 144 valence electrons. The number of carbonyl (C=O) groups excluding carboxylic acids is 2. The Bertz CT molecular complexity index is 556. The number of rotatable bonds is 9. The number of likely N-dealkylation sites (N-methyl/N-ethyl adjacent to an activating group) is 1. The number of piperazine rings is 1. The van der Waals surface area contributed by atoms with Crippen molar-refractivity contribution in [3.8, 4) is 0 Å². The van der Waals surface area contributed by atoms with E-state index < -0.39 is 0 Å². The first kappa shape index (κ1) is 20.4. The van der Waals surface area contributed by atoms with Gasteiger partial charge >= 0.3 is 0 Å². The lowest BCUT2D eigenvalue weighted by Crippen LogP contribution is -2.51. The molecular weight excluding hydrogens is 330 g/mol. The second-order valence-electron chi connectivity index (χ2n) is 6.97. The third-order valence-electron chi connectivity index (χ3n) is 4.41. The van der Waals surface area contributed by atoms with Gasteiger partial charge in [-0.15, -0.1) is 0 Å². The monoisotopic (exact) mass is 361 g/mol. The van der Waals surface area contributed by atoms with Crippen molar-refractivity contribution in [3.63, 3.8) is 0 Å². The predicted octanol–water partition coefficient (Wildman–Crippen LogP) is -0.402. The summed E-state index contributed by atoms with van der Waals surface area (Å²) in [6.07, 6.45) is 0. The normalized spacial score (nSPS) is 15.8. The fourth-order valence-electron chi connectivity index (χ4n) is 2.84. The van der Waals surface area contributed by atoms with Crippen LogP contribution in [0, 0.1) is 0 Å². The molecule has 0 spiro atoms. The summed E-state index contributed by atoms with van der Waals surface area (Å²) in [6.45, 7) is 6.17. The number of hydrogen-bond acceptors (Lipinski definition) is 5. The minimum Gasteiger partial charge on any atom is -0.354 e. The van der Waals surface area contributed by atoms with Crippen molar-refractivity contribution in [1.29, 1.82) is 0 Å². The van der Waals surface area contributed by atoms with Crippen LogP contribution >= 0.6 is 0 Å². The highest BCUT2D eigenvalue weighted by molar-refractivity contribution is 5.78. The van der Waals surface area contributed by atoms with Crippen molar-refractivity contribution in [1.82, 2.24) is 25.3 Å². The van der Waals surface area contributed by atoms with Crippen LogP contribution in [-0.2, 0) is 16.1 Å². The van der Waals surface area contributed by atoms with Gasteiger partial charge in [0.05, 0.1) is 13.1 Å². The molecule has 0 radical (unpaired) electrons. The number of nitrogens with one attached hydrogen (secondary N) is 2. The Morgan fingerprint density at radius 3 is 2.00 bits per heavy atom. The maximum absolute atomic E-state index is 12.1. The van der Waals surface area contributed by atoms with E-state index in [-0.39, 0.29) is 11.8 Å². The van der Waals surface area contributed by atoms with E-state index in [0.29, 0.717) is 26.2 Å². The van der Waals surface area contributed by atoms with Gasteiger partial charge in [0.25, 0.3) is 0 Å². The van der Waals surface area contributed by atoms with E-state index in [4.69, 9.17) is 0 Å². The SMILES string of the molecule is CN(C)CCNC(=O)CN1CCN(CC(=O)NCc2ccccc2)CC1. The van der Waals surface area contributed by atoms with Crippen LogP contribution in [-0.4, -0.2) is 93.0 Å². The van der Waals surface area contributed by atoms with E-state index >= 15 is 0 Å². The molecule has 1 heterocycles. The molecule has 1 aliphatic heterocycles. The Hall–Kier alpha value is -1.96. The van der Waals surface area contributed by atoms with E-state index in [9.17, 15) is 9.59 Å². The third kappa shape index (κ3) is 7.95. The van der Waals surface area contributed by atoms with Gasteiger partial charge in [-0.05, 0) is 19.7 Å². The molecule has 7 nitrogen and oxygen atoms in total. The first-order valence-corrected chi connectivity index (χ1v) is 9.19. The summed E-state index contributed by atoms with van der Waals surface area (Å²) in [5, 5.41) is 5.90. The van der Waals surface area contributed by atoms with Gasteiger partial charge in [0.2, 0.25) is 11.8 Å². The molecule has 0 saturated carbocycles. The molecule has 0 aliphatic carbocycles. The zero-order chi connectivity index (χ0) is 18.8. The molecule has 1 aromatic rings. The van der Waals surface area contributed by atoms with E-state index in [1.165, 1.54) is 0 Å². The molecule has 0 aromatic heterocycles. The Kier molecular flexibility index (Phi) is 8.53. The van der Waals surface area contributed by atoms with Crippen LogP contribution in [0.15, 0.2) is 30.3 Å². The molecule has 2 amide bonds. The van der Waals surface area contributed by atoms with Crippen molar-refractivity contribution in [2.75, 3.05) is 66.5 Å². The summed E-state index contributed by atoms with van der Waals surface area (Å²) in [4.78, 5) is 30.3. The molecule has 1 aliphatic rings. The summed E-state index contributed by atoms with van der Waals surface area (Å²) in [5.41, 5.74) is 1.10. The Balaban J connectivity index is 1.59. The van der Waals surface area contributed by atoms with E-state index in [0.717, 1.165) is 38.3 Å². The Morgan fingerprint density at radius 1 is 0.923 bits per heavy atom. The lowest BCUT2D eigenvalue weighted by Gasteiger charge is -2.33. The zero-order valence-corrected chi connectivity index (χ0v) is 15.9. The number of nitrogens with zero attached hydrogens (tertiary/aromatic N) is 3. The Morgan fingerprint density at radius 2 is 1.46 bits per heavy atom. The average Bonchev–Trinajstić information content (AvgIpc) is 2.62. The largest absolute Gasteiger partial charge is 0.354 e. The smallest absolute Gasteiger partial charge is 0.234 e. The standard InChI is InChI=1S/C19H31N5O2/c1-22(2)9-8-20-18(25)15-23-10-12-24(13-11-23)16-19(26)21-14-17-6-4-3-5-7-17/h3-7H,8-16H2,1-2H3,(H,20,25)(H,21,26). The molecule has 1 fully saturated rings. The van der Waals surface area contributed by atoms with Gasteiger partial charge in [-0.3, -0.25) is 19.4 Å². The molecule has 26 heavy (non-hydrogen) atoms. The molecule has 1 aromatic carbocycles. The Labute approximate surface area is 156 Å². The van der Waals surface area contributed by atoms with E-state index in [2.05, 4.69) is 20.4 Å². The number of carbonyl (C=O) groups is 2. The summed E-state index contributed by atoms with van der Waals surface area (Å²) in [5.74, 6) is 0.115. The molecule has 7 heteroatoms. The van der Waals surface area contributed by atoms with Crippen molar-refractivity contribution in [2.24, 2.45) is 0 Å². The van der Waals surface area contributed by atoms with Gasteiger partial charge in [0, 0.05) is 45.8 Å². The molecule has 0 bridgehead atoms. The summed E-state index contributed by atoms with van der Waals surface area (Å²) in [7, 11) is 3.97. The second kappa shape index (κ2) is 10.9. The van der Waals surface area contributed by atoms with Gasteiger partial charge in [0.1, 0.15) is 0 Å². The maximum Gasteiger partial charge on any atom is 0.234 e. The van der Waals surface area contributed by atoms with Crippen LogP contribution in [0.3, 0.4) is 0 Å². The van der Waals surface area contributed by atoms with Gasteiger partial charge < -0.3 is 15.5 Å². The lowest BCUT2D eigenvalue weighted by atomic mass is 10.2. The minimum absolute atomic E-state index is 0.0451. The lowest BCUT2D eigenvalue weighted by molar-refractivity contribution is -0.125. The first-order valence-electron chi connectivity index (χ1n) is 9.19. The van der Waals surface area contributed by atoms with Gasteiger partial charge in [0.15, 0.2) is 0 Å². The fraction of sp³-hybridized carbons (Fsp3) is 0.579. The number of hydrogen-bond donors (Lipinski definition) is 2. The van der Waals surface area contributed by atoms with Crippen molar-refractivity contribution in [3.05, 3.63) is 35.9 Å². The summed E-state index contributed by atoms with van der Waals surface area (Å²) < 4.78 is 0. The van der Waals surface area contributed by atoms with Crippen LogP contribution in [0.25, 0.3) is 0 Å². The van der Waals surface area contributed by atoms with Crippen molar-refractivity contribution < 1.29 is 9.59 Å². The molecule has 2 rings (SSSR count). The van der Waals surface area contributed by atoms with Crippen LogP contribution in [0.4, 0.5) is 0 Å². The van der Waals surface area contributed by atoms with Gasteiger partial charge in [-0.1, -0.05) is 30.3 Å². The molecule has 0 unspecified atom stereocenters. The molecule has 0 atom stereocenters. The van der Waals surface area contributed by atoms with E-state index in [1.54, 1.807) is 0 Å². The van der Waals surface area contributed by atoms with Crippen molar-refractivity contribution >= 4 is 11.8 Å². The van der Waals surface area contributed by atoms with Crippen LogP contribution in [0.1, 0.15) is 5.56 Å². The first-order chi connectivity index (χ1) is 12.5. The predicted molar refractivity (Wildman–Crippen MR) is 103 cm³/mol. The van der Waals surface area contributed by atoms with Crippen LogP contribution in [0.5, 0.6) is 0 Å². The fourth-order valence-corrected chi connectivity index (χ4v) is 2.84. The van der Waals surface area contributed by atoms with Gasteiger partial charge in [-0.2, -0.15) is 0 Å². The summed E-state index contributed by atoms with van der Waals surface area (Å²) in [6, 6.07) is 9.91. The molecule has 2 N–H and O–H groups in total. The molecule has 1 saturated heterocycles. The number of benzene rings is 1. The zero-order valence-electron chi connectivity index (χ0n) is 15.9. The minimum atomic E-state index is 0.0451. The quantitative estimate of drug-likeness (QED) is 0.626. The van der Waals surface area contributed by atoms with E-state index in [1.807, 2.05) is 49.3 Å². The highest BCUT2D eigenvalue weighted by Gasteiger charge is 2.20. The highest BCUT2D eigenvalue weighted by atomic mass is 16.2. The molecular formula is C19H31N5O2. The number of amides is 2. The highest BCUT2D eigenvalue weighted by Crippen LogP contribution is 2.02. The van der Waals surface area contributed by atoms with Crippen molar-refractivity contribution in [2.45, 2.75) is 6.54 Å².